The van der Waals surface area contributed by atoms with Crippen LogP contribution in [0.5, 0.6) is 5.75 Å². The van der Waals surface area contributed by atoms with Gasteiger partial charge >= 0.3 is 0 Å². The maximum Gasteiger partial charge on any atom is 0.222 e. The fourth-order valence-electron chi connectivity index (χ4n) is 3.25. The average Bonchev–Trinajstić information content (AvgIpc) is 3.11. The van der Waals surface area contributed by atoms with E-state index >= 15 is 0 Å². The van der Waals surface area contributed by atoms with Gasteiger partial charge in [0.05, 0.1) is 6.61 Å². The van der Waals surface area contributed by atoms with Crippen LogP contribution in [0.3, 0.4) is 0 Å². The molecule has 4 heteroatoms. The number of aryl methyl sites for hydroxylation is 1. The van der Waals surface area contributed by atoms with Crippen molar-refractivity contribution in [3.63, 3.8) is 0 Å². The van der Waals surface area contributed by atoms with E-state index in [1.54, 1.807) is 18.2 Å². The van der Waals surface area contributed by atoms with Crippen molar-refractivity contribution in [1.82, 2.24) is 4.90 Å². The number of nitrogens with zero attached hydrogens (tertiary/aromatic N) is 1. The Morgan fingerprint density at radius 3 is 2.68 bits per heavy atom. The minimum absolute atomic E-state index is 0.223. The van der Waals surface area contributed by atoms with E-state index < -0.39 is 0 Å². The molecule has 2 aromatic carbocycles. The van der Waals surface area contributed by atoms with E-state index in [1.165, 1.54) is 11.6 Å². The minimum Gasteiger partial charge on any atom is -0.491 e. The second-order valence-corrected chi connectivity index (χ2v) is 6.55. The first-order valence-electron chi connectivity index (χ1n) is 8.91. The van der Waals surface area contributed by atoms with Crippen LogP contribution in [0.2, 0.25) is 0 Å². The zero-order valence-electron chi connectivity index (χ0n) is 14.4. The van der Waals surface area contributed by atoms with Crippen molar-refractivity contribution in [1.29, 1.82) is 0 Å². The van der Waals surface area contributed by atoms with Gasteiger partial charge in [0.2, 0.25) is 5.91 Å². The lowest BCUT2D eigenvalue weighted by atomic mass is 10.1. The molecule has 0 spiro atoms. The molecule has 0 bridgehead atoms. The summed E-state index contributed by atoms with van der Waals surface area (Å²) in [6.07, 6.45) is 3.19. The minimum atomic E-state index is -0.327. The molecule has 1 aliphatic heterocycles. The van der Waals surface area contributed by atoms with Crippen LogP contribution in [-0.4, -0.2) is 30.5 Å². The first kappa shape index (κ1) is 17.5. The summed E-state index contributed by atoms with van der Waals surface area (Å²) in [6.45, 7) is 2.09. The van der Waals surface area contributed by atoms with Crippen LogP contribution in [0.1, 0.15) is 24.8 Å². The van der Waals surface area contributed by atoms with Crippen molar-refractivity contribution in [3.05, 3.63) is 66.0 Å². The van der Waals surface area contributed by atoms with E-state index in [4.69, 9.17) is 4.74 Å². The predicted molar refractivity (Wildman–Crippen MR) is 96.0 cm³/mol. The van der Waals surface area contributed by atoms with Crippen molar-refractivity contribution < 1.29 is 13.9 Å². The summed E-state index contributed by atoms with van der Waals surface area (Å²) < 4.78 is 19.0. The molecule has 3 rings (SSSR count). The molecule has 2 aromatic rings. The smallest absolute Gasteiger partial charge is 0.222 e. The van der Waals surface area contributed by atoms with Gasteiger partial charge < -0.3 is 9.64 Å². The summed E-state index contributed by atoms with van der Waals surface area (Å²) >= 11 is 0. The third kappa shape index (κ3) is 5.05. The van der Waals surface area contributed by atoms with E-state index in [1.807, 2.05) is 23.1 Å². The molecular weight excluding hydrogens is 317 g/mol. The van der Waals surface area contributed by atoms with Crippen LogP contribution in [0.4, 0.5) is 4.39 Å². The first-order chi connectivity index (χ1) is 12.2. The molecule has 1 atom stereocenters. The van der Waals surface area contributed by atoms with Crippen molar-refractivity contribution in [2.75, 3.05) is 19.7 Å². The van der Waals surface area contributed by atoms with Gasteiger partial charge in [-0.15, -0.1) is 0 Å². The van der Waals surface area contributed by atoms with Gasteiger partial charge in [0, 0.05) is 19.5 Å². The fourth-order valence-corrected chi connectivity index (χ4v) is 3.25. The third-order valence-electron chi connectivity index (χ3n) is 4.73. The standard InChI is InChI=1S/C21H24FNO2/c22-19-8-4-5-9-20(19)25-15-13-18-12-14-23(16-18)21(24)11-10-17-6-2-1-3-7-17/h1-9,18H,10-16H2/t18-/m1/s1. The van der Waals surface area contributed by atoms with Crippen molar-refractivity contribution in [3.8, 4) is 5.75 Å². The number of carbonyl (C=O) groups is 1. The van der Waals surface area contributed by atoms with Gasteiger partial charge in [-0.3, -0.25) is 4.79 Å². The van der Waals surface area contributed by atoms with Crippen LogP contribution < -0.4 is 4.74 Å². The summed E-state index contributed by atoms with van der Waals surface area (Å²) in [6, 6.07) is 16.6. The molecule has 1 saturated heterocycles. The number of hydrogen-bond donors (Lipinski definition) is 0. The molecule has 1 aliphatic rings. The predicted octanol–water partition coefficient (Wildman–Crippen LogP) is 4.08. The molecule has 0 N–H and O–H groups in total. The quantitative estimate of drug-likeness (QED) is 0.759. The molecule has 0 aliphatic carbocycles. The molecule has 0 unspecified atom stereocenters. The summed E-state index contributed by atoms with van der Waals surface area (Å²) in [4.78, 5) is 14.3. The topological polar surface area (TPSA) is 29.5 Å². The van der Waals surface area contributed by atoms with Crippen LogP contribution in [0.15, 0.2) is 54.6 Å². The maximum atomic E-state index is 13.5. The Bertz CT molecular complexity index is 689. The highest BCUT2D eigenvalue weighted by Gasteiger charge is 2.25. The summed E-state index contributed by atoms with van der Waals surface area (Å²) in [5.74, 6) is 0.636. The number of ether oxygens (including phenoxy) is 1. The summed E-state index contributed by atoms with van der Waals surface area (Å²) in [5.41, 5.74) is 1.20. The molecule has 0 aromatic heterocycles. The Balaban J connectivity index is 1.38. The molecule has 3 nitrogen and oxygen atoms in total. The number of hydrogen-bond acceptors (Lipinski definition) is 2. The van der Waals surface area contributed by atoms with Crippen LogP contribution in [-0.2, 0) is 11.2 Å². The van der Waals surface area contributed by atoms with Gasteiger partial charge in [-0.25, -0.2) is 4.39 Å². The Kier molecular flexibility index (Phi) is 6.04. The van der Waals surface area contributed by atoms with Crippen molar-refractivity contribution in [2.45, 2.75) is 25.7 Å². The van der Waals surface area contributed by atoms with E-state index in [9.17, 15) is 9.18 Å². The van der Waals surface area contributed by atoms with Gasteiger partial charge in [0.1, 0.15) is 0 Å². The molecular formula is C21H24FNO2. The maximum absolute atomic E-state index is 13.5. The van der Waals surface area contributed by atoms with Gasteiger partial charge in [-0.1, -0.05) is 42.5 Å². The Morgan fingerprint density at radius 2 is 1.88 bits per heavy atom. The van der Waals surface area contributed by atoms with E-state index in [-0.39, 0.29) is 11.7 Å². The van der Waals surface area contributed by atoms with Gasteiger partial charge in [0.15, 0.2) is 11.6 Å². The lowest BCUT2D eigenvalue weighted by Gasteiger charge is -2.17. The van der Waals surface area contributed by atoms with Gasteiger partial charge in [-0.05, 0) is 42.9 Å². The monoisotopic (exact) mass is 341 g/mol. The highest BCUT2D eigenvalue weighted by atomic mass is 19.1. The Morgan fingerprint density at radius 1 is 1.12 bits per heavy atom. The molecule has 1 heterocycles. The second-order valence-electron chi connectivity index (χ2n) is 6.55. The molecule has 1 fully saturated rings. The number of halogens is 1. The average molecular weight is 341 g/mol. The zero-order chi connectivity index (χ0) is 17.5. The third-order valence-corrected chi connectivity index (χ3v) is 4.73. The Hall–Kier alpha value is -2.36. The second kappa shape index (κ2) is 8.65. The summed E-state index contributed by atoms with van der Waals surface area (Å²) in [5, 5.41) is 0. The molecule has 0 radical (unpaired) electrons. The molecule has 132 valence electrons. The molecule has 25 heavy (non-hydrogen) atoms. The Labute approximate surface area is 148 Å². The van der Waals surface area contributed by atoms with E-state index in [0.29, 0.717) is 24.7 Å². The first-order valence-corrected chi connectivity index (χ1v) is 8.91. The van der Waals surface area contributed by atoms with Gasteiger partial charge in [0.25, 0.3) is 0 Å². The SMILES string of the molecule is O=C(CCc1ccccc1)N1CC[C@H](CCOc2ccccc2F)C1. The number of likely N-dealkylation sites (tertiary alicyclic amines) is 1. The number of carbonyl (C=O) groups excluding carboxylic acids is 1. The normalized spacial score (nSPS) is 16.8. The molecule has 1 amide bonds. The van der Waals surface area contributed by atoms with Crippen LogP contribution in [0.25, 0.3) is 0 Å². The number of rotatable bonds is 7. The molecule has 0 saturated carbocycles. The number of amides is 1. The lowest BCUT2D eigenvalue weighted by molar-refractivity contribution is -0.130. The summed E-state index contributed by atoms with van der Waals surface area (Å²) in [7, 11) is 0. The number of benzene rings is 2. The largest absolute Gasteiger partial charge is 0.491 e. The van der Waals surface area contributed by atoms with Crippen LogP contribution in [0, 0.1) is 11.7 Å². The highest BCUT2D eigenvalue weighted by Crippen LogP contribution is 2.22. The number of para-hydroxylation sites is 1. The highest BCUT2D eigenvalue weighted by molar-refractivity contribution is 5.76. The van der Waals surface area contributed by atoms with Gasteiger partial charge in [-0.2, -0.15) is 0 Å². The van der Waals surface area contributed by atoms with Crippen molar-refractivity contribution in [2.24, 2.45) is 5.92 Å². The van der Waals surface area contributed by atoms with Crippen molar-refractivity contribution >= 4 is 5.91 Å². The fraction of sp³-hybridized carbons (Fsp3) is 0.381. The zero-order valence-corrected chi connectivity index (χ0v) is 14.4. The van der Waals surface area contributed by atoms with Crippen LogP contribution >= 0.6 is 0 Å². The lowest BCUT2D eigenvalue weighted by Crippen LogP contribution is -2.29. The van der Waals surface area contributed by atoms with E-state index in [0.717, 1.165) is 32.4 Å². The van der Waals surface area contributed by atoms with E-state index in [2.05, 4.69) is 12.1 Å².